The lowest BCUT2D eigenvalue weighted by Crippen LogP contribution is -2.38. The molecule has 0 bridgehead atoms. The van der Waals surface area contributed by atoms with Crippen LogP contribution in [-0.4, -0.2) is 34.9 Å². The number of guanidine groups is 1. The molecule has 0 fully saturated rings. The first-order valence-electron chi connectivity index (χ1n) is 7.03. The van der Waals surface area contributed by atoms with Gasteiger partial charge in [-0.1, -0.05) is 12.1 Å². The third-order valence-corrected chi connectivity index (χ3v) is 3.17. The van der Waals surface area contributed by atoms with Gasteiger partial charge >= 0.3 is 0 Å². The number of nitrogens with zero attached hydrogens (tertiary/aromatic N) is 4. The average molecular weight is 429 g/mol. The fraction of sp³-hybridized carbons (Fsp3) is 0.312. The minimum Gasteiger partial charge on any atom is -0.351 e. The van der Waals surface area contributed by atoms with Gasteiger partial charge in [0, 0.05) is 26.8 Å². The first kappa shape index (κ1) is 19.3. The molecule has 2 rings (SSSR count). The lowest BCUT2D eigenvalue weighted by atomic mass is 10.2. The molecule has 0 aliphatic heterocycles. The number of halogens is 2. The van der Waals surface area contributed by atoms with Crippen LogP contribution in [0.15, 0.2) is 41.5 Å². The van der Waals surface area contributed by atoms with E-state index in [1.165, 1.54) is 12.1 Å². The summed E-state index contributed by atoms with van der Waals surface area (Å²) >= 11 is 0. The summed E-state index contributed by atoms with van der Waals surface area (Å²) in [5.74, 6) is 1.27. The average Bonchev–Trinajstić information content (AvgIpc) is 2.50. The summed E-state index contributed by atoms with van der Waals surface area (Å²) in [6, 6.07) is 8.33. The quantitative estimate of drug-likeness (QED) is 0.462. The lowest BCUT2D eigenvalue weighted by Gasteiger charge is -2.22. The second-order valence-corrected chi connectivity index (χ2v) is 4.98. The second kappa shape index (κ2) is 9.39. The number of hydrogen-bond acceptors (Lipinski definition) is 3. The van der Waals surface area contributed by atoms with E-state index in [0.717, 1.165) is 23.0 Å². The zero-order valence-electron chi connectivity index (χ0n) is 13.5. The van der Waals surface area contributed by atoms with Crippen LogP contribution in [0.25, 0.3) is 0 Å². The Kier molecular flexibility index (Phi) is 7.87. The van der Waals surface area contributed by atoms with Gasteiger partial charge in [-0.2, -0.15) is 0 Å². The lowest BCUT2D eigenvalue weighted by molar-refractivity contribution is 0.475. The summed E-state index contributed by atoms with van der Waals surface area (Å²) in [5, 5.41) is 3.26. The highest BCUT2D eigenvalue weighted by Crippen LogP contribution is 2.06. The molecule has 0 spiro atoms. The molecule has 0 unspecified atom stereocenters. The van der Waals surface area contributed by atoms with Gasteiger partial charge in [0.1, 0.15) is 11.6 Å². The van der Waals surface area contributed by atoms with Crippen molar-refractivity contribution >= 4 is 29.9 Å². The maximum Gasteiger partial charge on any atom is 0.194 e. The summed E-state index contributed by atoms with van der Waals surface area (Å²) in [6.45, 7) is 3.07. The normalized spacial score (nSPS) is 10.9. The summed E-state index contributed by atoms with van der Waals surface area (Å²) in [4.78, 5) is 14.6. The highest BCUT2D eigenvalue weighted by Gasteiger charge is 2.07. The van der Waals surface area contributed by atoms with Crippen LogP contribution in [-0.2, 0) is 13.1 Å². The number of nitrogens with one attached hydrogen (secondary N) is 1. The van der Waals surface area contributed by atoms with Gasteiger partial charge in [0.2, 0.25) is 0 Å². The van der Waals surface area contributed by atoms with Crippen molar-refractivity contribution in [1.82, 2.24) is 20.2 Å². The Morgan fingerprint density at radius 3 is 2.57 bits per heavy atom. The van der Waals surface area contributed by atoms with Gasteiger partial charge < -0.3 is 10.2 Å². The third-order valence-electron chi connectivity index (χ3n) is 3.17. The Morgan fingerprint density at radius 1 is 1.26 bits per heavy atom. The molecule has 124 valence electrons. The summed E-state index contributed by atoms with van der Waals surface area (Å²) in [5.41, 5.74) is 1.92. The van der Waals surface area contributed by atoms with Gasteiger partial charge in [-0.3, -0.25) is 4.99 Å². The van der Waals surface area contributed by atoms with Crippen molar-refractivity contribution in [2.45, 2.75) is 20.0 Å². The first-order valence-corrected chi connectivity index (χ1v) is 7.03. The zero-order valence-corrected chi connectivity index (χ0v) is 15.8. The molecule has 1 heterocycles. The molecule has 0 radical (unpaired) electrons. The van der Waals surface area contributed by atoms with Crippen molar-refractivity contribution in [3.63, 3.8) is 0 Å². The Labute approximate surface area is 153 Å². The van der Waals surface area contributed by atoms with Gasteiger partial charge in [0.05, 0.1) is 12.2 Å². The van der Waals surface area contributed by atoms with E-state index in [1.807, 2.05) is 24.9 Å². The molecular formula is C16H21FIN5. The van der Waals surface area contributed by atoms with Gasteiger partial charge in [0.25, 0.3) is 0 Å². The predicted molar refractivity (Wildman–Crippen MR) is 100 cm³/mol. The predicted octanol–water partition coefficient (Wildman–Crippen LogP) is 2.75. The van der Waals surface area contributed by atoms with Crippen molar-refractivity contribution in [3.8, 4) is 0 Å². The molecular weight excluding hydrogens is 408 g/mol. The number of benzene rings is 1. The maximum absolute atomic E-state index is 12.9. The van der Waals surface area contributed by atoms with E-state index < -0.39 is 0 Å². The van der Waals surface area contributed by atoms with Crippen LogP contribution in [0.3, 0.4) is 0 Å². The van der Waals surface area contributed by atoms with E-state index in [9.17, 15) is 4.39 Å². The summed E-state index contributed by atoms with van der Waals surface area (Å²) in [7, 11) is 3.67. The van der Waals surface area contributed by atoms with Crippen molar-refractivity contribution in [3.05, 3.63) is 59.4 Å². The van der Waals surface area contributed by atoms with Crippen molar-refractivity contribution in [2.75, 3.05) is 14.1 Å². The second-order valence-electron chi connectivity index (χ2n) is 4.98. The number of aryl methyl sites for hydroxylation is 1. The van der Waals surface area contributed by atoms with E-state index in [1.54, 1.807) is 25.4 Å². The maximum atomic E-state index is 12.9. The monoisotopic (exact) mass is 429 g/mol. The smallest absolute Gasteiger partial charge is 0.194 e. The fourth-order valence-electron chi connectivity index (χ4n) is 2.10. The van der Waals surface area contributed by atoms with Gasteiger partial charge in [-0.05, 0) is 30.7 Å². The van der Waals surface area contributed by atoms with E-state index in [0.29, 0.717) is 13.1 Å². The molecule has 1 aromatic carbocycles. The molecule has 0 aliphatic rings. The third kappa shape index (κ3) is 6.09. The Hall–Kier alpha value is -1.77. The molecule has 7 heteroatoms. The first-order chi connectivity index (χ1) is 10.6. The van der Waals surface area contributed by atoms with E-state index >= 15 is 0 Å². The molecule has 1 aromatic heterocycles. The number of aliphatic imine (C=N–C) groups is 1. The van der Waals surface area contributed by atoms with Gasteiger partial charge in [0.15, 0.2) is 5.96 Å². The summed E-state index contributed by atoms with van der Waals surface area (Å²) in [6.07, 6.45) is 1.74. The molecule has 0 atom stereocenters. The van der Waals surface area contributed by atoms with Crippen LogP contribution in [0.5, 0.6) is 0 Å². The van der Waals surface area contributed by atoms with Crippen LogP contribution < -0.4 is 5.32 Å². The van der Waals surface area contributed by atoms with Gasteiger partial charge in [-0.15, -0.1) is 24.0 Å². The number of aromatic nitrogens is 2. The SMILES string of the molecule is CN=C(NCc1ccnc(C)n1)N(C)Cc1ccc(F)cc1.I. The number of hydrogen-bond donors (Lipinski definition) is 1. The van der Waals surface area contributed by atoms with Crippen molar-refractivity contribution < 1.29 is 4.39 Å². The van der Waals surface area contributed by atoms with Crippen molar-refractivity contribution in [1.29, 1.82) is 0 Å². The van der Waals surface area contributed by atoms with E-state index in [4.69, 9.17) is 0 Å². The Balaban J connectivity index is 0.00000264. The zero-order chi connectivity index (χ0) is 15.9. The molecule has 5 nitrogen and oxygen atoms in total. The minimum absolute atomic E-state index is 0. The largest absolute Gasteiger partial charge is 0.351 e. The van der Waals surface area contributed by atoms with E-state index in [-0.39, 0.29) is 29.8 Å². The minimum atomic E-state index is -0.229. The van der Waals surface area contributed by atoms with Crippen LogP contribution in [0, 0.1) is 12.7 Å². The topological polar surface area (TPSA) is 53.4 Å². The summed E-state index contributed by atoms with van der Waals surface area (Å²) < 4.78 is 12.9. The fourth-order valence-corrected chi connectivity index (χ4v) is 2.10. The molecule has 1 N–H and O–H groups in total. The molecule has 23 heavy (non-hydrogen) atoms. The Bertz CT molecular complexity index is 645. The number of rotatable bonds is 4. The standard InChI is InChI=1S/C16H20FN5.HI/c1-12-19-9-8-15(21-12)10-20-16(18-2)22(3)11-13-4-6-14(17)7-5-13;/h4-9H,10-11H2,1-3H3,(H,18,20);1H. The van der Waals surface area contributed by atoms with Crippen molar-refractivity contribution in [2.24, 2.45) is 4.99 Å². The molecule has 0 amide bonds. The highest BCUT2D eigenvalue weighted by molar-refractivity contribution is 14.0. The molecule has 2 aromatic rings. The highest BCUT2D eigenvalue weighted by atomic mass is 127. The molecule has 0 aliphatic carbocycles. The van der Waals surface area contributed by atoms with Crippen LogP contribution in [0.2, 0.25) is 0 Å². The van der Waals surface area contributed by atoms with Crippen LogP contribution in [0.1, 0.15) is 17.1 Å². The van der Waals surface area contributed by atoms with Crippen LogP contribution in [0.4, 0.5) is 4.39 Å². The molecule has 0 saturated heterocycles. The molecule has 0 saturated carbocycles. The van der Waals surface area contributed by atoms with E-state index in [2.05, 4.69) is 20.3 Å². The van der Waals surface area contributed by atoms with Gasteiger partial charge in [-0.25, -0.2) is 14.4 Å². The van der Waals surface area contributed by atoms with Crippen LogP contribution >= 0.6 is 24.0 Å². The Morgan fingerprint density at radius 2 is 1.96 bits per heavy atom.